The number of hydrogen-bond acceptors (Lipinski definition) is 4. The molecule has 0 aliphatic rings. The van der Waals surface area contributed by atoms with Crippen LogP contribution in [0, 0.1) is 22.9 Å². The third kappa shape index (κ3) is 3.46. The molecule has 1 atom stereocenters. The second-order valence-electron chi connectivity index (χ2n) is 4.86. The second-order valence-corrected chi connectivity index (χ2v) is 4.86. The van der Waals surface area contributed by atoms with Gasteiger partial charge in [0.05, 0.1) is 4.92 Å². The van der Waals surface area contributed by atoms with Gasteiger partial charge in [0, 0.05) is 11.6 Å². The van der Waals surface area contributed by atoms with Crippen molar-refractivity contribution in [3.8, 4) is 5.75 Å². The number of hydrogen-bond donors (Lipinski definition) is 0. The van der Waals surface area contributed by atoms with Crippen LogP contribution in [0.1, 0.15) is 22.8 Å². The van der Waals surface area contributed by atoms with Gasteiger partial charge in [0.25, 0.3) is 0 Å². The minimum absolute atomic E-state index is 0.0264. The molecule has 2 rings (SSSR count). The number of nitro benzene ring substituents is 1. The third-order valence-corrected chi connectivity index (χ3v) is 3.11. The van der Waals surface area contributed by atoms with Gasteiger partial charge in [-0.2, -0.15) is 0 Å². The van der Waals surface area contributed by atoms with Crippen LogP contribution in [0.5, 0.6) is 5.75 Å². The Bertz CT molecular complexity index is 713. The molecular weight excluding hydrogens is 289 g/mol. The summed E-state index contributed by atoms with van der Waals surface area (Å²) in [5, 5.41) is 11.0. The van der Waals surface area contributed by atoms with E-state index < -0.39 is 16.8 Å². The lowest BCUT2D eigenvalue weighted by Crippen LogP contribution is -2.24. The van der Waals surface area contributed by atoms with Crippen molar-refractivity contribution in [3.63, 3.8) is 0 Å². The van der Waals surface area contributed by atoms with Gasteiger partial charge in [0.1, 0.15) is 5.82 Å². The molecule has 2 aromatic rings. The van der Waals surface area contributed by atoms with E-state index in [0.717, 1.165) is 5.56 Å². The van der Waals surface area contributed by atoms with Crippen molar-refractivity contribution in [2.45, 2.75) is 20.0 Å². The Morgan fingerprint density at radius 2 is 1.86 bits per heavy atom. The number of ether oxygens (including phenoxy) is 1. The fourth-order valence-electron chi connectivity index (χ4n) is 1.96. The molecular formula is C16H14FNO4. The molecule has 0 bridgehead atoms. The SMILES string of the molecule is Cc1ccc(O[C@@H](C)C(=O)c2ccc(F)cc2)c([N+](=O)[O-])c1. The minimum atomic E-state index is -0.924. The summed E-state index contributed by atoms with van der Waals surface area (Å²) >= 11 is 0. The molecule has 22 heavy (non-hydrogen) atoms. The van der Waals surface area contributed by atoms with Crippen LogP contribution in [0.15, 0.2) is 42.5 Å². The van der Waals surface area contributed by atoms with Crippen molar-refractivity contribution >= 4 is 11.5 Å². The molecule has 0 aliphatic carbocycles. The molecule has 0 unspecified atom stereocenters. The Morgan fingerprint density at radius 3 is 2.45 bits per heavy atom. The van der Waals surface area contributed by atoms with Gasteiger partial charge in [-0.25, -0.2) is 4.39 Å². The molecule has 0 saturated heterocycles. The Balaban J connectivity index is 2.21. The van der Waals surface area contributed by atoms with E-state index in [4.69, 9.17) is 4.74 Å². The molecule has 0 spiro atoms. The van der Waals surface area contributed by atoms with Gasteiger partial charge in [0.2, 0.25) is 5.78 Å². The highest BCUT2D eigenvalue weighted by molar-refractivity contribution is 5.99. The maximum absolute atomic E-state index is 12.9. The second kappa shape index (κ2) is 6.34. The molecule has 114 valence electrons. The van der Waals surface area contributed by atoms with E-state index in [1.807, 2.05) is 0 Å². The van der Waals surface area contributed by atoms with Crippen LogP contribution >= 0.6 is 0 Å². The number of aryl methyl sites for hydroxylation is 1. The first-order valence-corrected chi connectivity index (χ1v) is 6.60. The first-order chi connectivity index (χ1) is 10.4. The van der Waals surface area contributed by atoms with Crippen LogP contribution in [-0.4, -0.2) is 16.8 Å². The topological polar surface area (TPSA) is 69.4 Å². The number of halogens is 1. The first kappa shape index (κ1) is 15.6. The Hall–Kier alpha value is -2.76. The van der Waals surface area contributed by atoms with Crippen molar-refractivity contribution in [1.82, 2.24) is 0 Å². The maximum atomic E-state index is 12.9. The van der Waals surface area contributed by atoms with Crippen molar-refractivity contribution in [2.75, 3.05) is 0 Å². The number of benzene rings is 2. The molecule has 0 heterocycles. The zero-order valence-corrected chi connectivity index (χ0v) is 12.1. The molecule has 0 aliphatic heterocycles. The molecule has 0 radical (unpaired) electrons. The summed E-state index contributed by atoms with van der Waals surface area (Å²) < 4.78 is 18.3. The normalized spacial score (nSPS) is 11.8. The average molecular weight is 303 g/mol. The van der Waals surface area contributed by atoms with E-state index >= 15 is 0 Å². The number of Topliss-reactive ketones (excluding diaryl/α,β-unsaturated/α-hetero) is 1. The number of nitrogens with zero attached hydrogens (tertiary/aromatic N) is 1. The summed E-state index contributed by atoms with van der Waals surface area (Å²) in [5.41, 5.74) is 0.805. The monoisotopic (exact) mass is 303 g/mol. The molecule has 0 amide bonds. The fourth-order valence-corrected chi connectivity index (χ4v) is 1.96. The molecule has 0 saturated carbocycles. The fraction of sp³-hybridized carbons (Fsp3) is 0.188. The smallest absolute Gasteiger partial charge is 0.311 e. The highest BCUT2D eigenvalue weighted by Gasteiger charge is 2.22. The zero-order chi connectivity index (χ0) is 16.3. The van der Waals surface area contributed by atoms with E-state index in [2.05, 4.69) is 0 Å². The van der Waals surface area contributed by atoms with Gasteiger partial charge in [-0.3, -0.25) is 14.9 Å². The Labute approximate surface area is 126 Å². The van der Waals surface area contributed by atoms with E-state index in [-0.39, 0.29) is 22.8 Å². The number of nitro groups is 1. The highest BCUT2D eigenvalue weighted by atomic mass is 19.1. The number of carbonyl (C=O) groups excluding carboxylic acids is 1. The summed E-state index contributed by atoms with van der Waals surface area (Å²) in [6.07, 6.45) is -0.924. The van der Waals surface area contributed by atoms with E-state index in [1.54, 1.807) is 13.0 Å². The van der Waals surface area contributed by atoms with Gasteiger partial charge >= 0.3 is 5.69 Å². The van der Waals surface area contributed by atoms with Gasteiger partial charge in [-0.05, 0) is 49.7 Å². The Morgan fingerprint density at radius 1 is 1.23 bits per heavy atom. The molecule has 0 aromatic heterocycles. The standard InChI is InChI=1S/C16H14FNO4/c1-10-3-8-15(14(9-10)18(20)21)22-11(2)16(19)12-4-6-13(17)7-5-12/h3-9,11H,1-2H3/t11-/m0/s1. The van der Waals surface area contributed by atoms with Crippen molar-refractivity contribution < 1.29 is 18.8 Å². The minimum Gasteiger partial charge on any atom is -0.475 e. The quantitative estimate of drug-likeness (QED) is 0.480. The van der Waals surface area contributed by atoms with Gasteiger partial charge in [-0.15, -0.1) is 0 Å². The third-order valence-electron chi connectivity index (χ3n) is 3.11. The van der Waals surface area contributed by atoms with Gasteiger partial charge in [0.15, 0.2) is 11.9 Å². The maximum Gasteiger partial charge on any atom is 0.311 e. The van der Waals surface area contributed by atoms with Crippen LogP contribution in [0.3, 0.4) is 0 Å². The van der Waals surface area contributed by atoms with Crippen molar-refractivity contribution in [3.05, 3.63) is 69.5 Å². The van der Waals surface area contributed by atoms with E-state index in [0.29, 0.717) is 0 Å². The van der Waals surface area contributed by atoms with E-state index in [1.165, 1.54) is 43.3 Å². The van der Waals surface area contributed by atoms with Crippen LogP contribution < -0.4 is 4.74 Å². The lowest BCUT2D eigenvalue weighted by atomic mass is 10.1. The number of ketones is 1. The highest BCUT2D eigenvalue weighted by Crippen LogP contribution is 2.29. The lowest BCUT2D eigenvalue weighted by molar-refractivity contribution is -0.386. The summed E-state index contributed by atoms with van der Waals surface area (Å²) in [6.45, 7) is 3.22. The predicted molar refractivity (Wildman–Crippen MR) is 78.7 cm³/mol. The summed E-state index contributed by atoms with van der Waals surface area (Å²) in [4.78, 5) is 22.7. The summed E-state index contributed by atoms with van der Waals surface area (Å²) in [6, 6.07) is 9.55. The lowest BCUT2D eigenvalue weighted by Gasteiger charge is -2.14. The van der Waals surface area contributed by atoms with Crippen LogP contribution in [-0.2, 0) is 0 Å². The van der Waals surface area contributed by atoms with Crippen LogP contribution in [0.4, 0.5) is 10.1 Å². The van der Waals surface area contributed by atoms with Crippen LogP contribution in [0.25, 0.3) is 0 Å². The first-order valence-electron chi connectivity index (χ1n) is 6.60. The molecule has 0 N–H and O–H groups in total. The largest absolute Gasteiger partial charge is 0.475 e. The molecule has 2 aromatic carbocycles. The predicted octanol–water partition coefficient (Wildman–Crippen LogP) is 3.69. The van der Waals surface area contributed by atoms with Gasteiger partial charge < -0.3 is 4.74 Å². The summed E-state index contributed by atoms with van der Waals surface area (Å²) in [5.74, 6) is -0.798. The zero-order valence-electron chi connectivity index (χ0n) is 12.1. The van der Waals surface area contributed by atoms with Crippen molar-refractivity contribution in [1.29, 1.82) is 0 Å². The molecule has 6 heteroatoms. The average Bonchev–Trinajstić information content (AvgIpc) is 2.48. The van der Waals surface area contributed by atoms with E-state index in [9.17, 15) is 19.3 Å². The van der Waals surface area contributed by atoms with Crippen molar-refractivity contribution in [2.24, 2.45) is 0 Å². The van der Waals surface area contributed by atoms with Crippen LogP contribution in [0.2, 0.25) is 0 Å². The molecule has 0 fully saturated rings. The van der Waals surface area contributed by atoms with Gasteiger partial charge in [-0.1, -0.05) is 6.07 Å². The number of carbonyl (C=O) groups is 1. The Kier molecular flexibility index (Phi) is 4.50. The molecule has 5 nitrogen and oxygen atoms in total. The summed E-state index contributed by atoms with van der Waals surface area (Å²) in [7, 11) is 0. The number of rotatable bonds is 5.